The molecule has 0 fully saturated rings. The van der Waals surface area contributed by atoms with Gasteiger partial charge in [-0.25, -0.2) is 4.79 Å². The molecule has 0 spiro atoms. The van der Waals surface area contributed by atoms with Crippen molar-refractivity contribution in [2.24, 2.45) is 0 Å². The number of carbonyl (C=O) groups is 3. The summed E-state index contributed by atoms with van der Waals surface area (Å²) in [6.45, 7) is 2.01. The largest absolute Gasteiger partial charge is 0.497 e. The molecule has 7 nitrogen and oxygen atoms in total. The van der Waals surface area contributed by atoms with Gasteiger partial charge < -0.3 is 20.1 Å². The van der Waals surface area contributed by atoms with Gasteiger partial charge in [0.25, 0.3) is 11.8 Å². The second kappa shape index (κ2) is 11.3. The van der Waals surface area contributed by atoms with Crippen molar-refractivity contribution >= 4 is 29.5 Å². The molecular weight excluding hydrogens is 420 g/mol. The second-order valence-corrected chi connectivity index (χ2v) is 6.90. The van der Waals surface area contributed by atoms with Gasteiger partial charge in [-0.3, -0.25) is 9.59 Å². The fraction of sp³-hybridized carbons (Fsp3) is 0.115. The van der Waals surface area contributed by atoms with Crippen molar-refractivity contribution in [3.8, 4) is 5.75 Å². The monoisotopic (exact) mass is 444 g/mol. The SMILES string of the molecule is CCOC(=O)c1ccc(NC(=O)C(=Cc2ccccc2)NC(=O)c2ccc(OC)cc2)cc1. The third kappa shape index (κ3) is 6.54. The topological polar surface area (TPSA) is 93.7 Å². The van der Waals surface area contributed by atoms with Gasteiger partial charge in [0.05, 0.1) is 19.3 Å². The summed E-state index contributed by atoms with van der Waals surface area (Å²) in [7, 11) is 1.54. The van der Waals surface area contributed by atoms with Crippen molar-refractivity contribution in [1.29, 1.82) is 0 Å². The first-order valence-corrected chi connectivity index (χ1v) is 10.3. The van der Waals surface area contributed by atoms with Crippen LogP contribution in [0.4, 0.5) is 5.69 Å². The maximum Gasteiger partial charge on any atom is 0.338 e. The number of ether oxygens (including phenoxy) is 2. The van der Waals surface area contributed by atoms with Gasteiger partial charge in [0.15, 0.2) is 0 Å². The van der Waals surface area contributed by atoms with Gasteiger partial charge in [-0.05, 0) is 67.1 Å². The van der Waals surface area contributed by atoms with Gasteiger partial charge in [-0.15, -0.1) is 0 Å². The first-order valence-electron chi connectivity index (χ1n) is 10.3. The molecule has 33 heavy (non-hydrogen) atoms. The molecule has 3 rings (SSSR count). The lowest BCUT2D eigenvalue weighted by atomic mass is 10.1. The smallest absolute Gasteiger partial charge is 0.338 e. The molecule has 0 saturated carbocycles. The highest BCUT2D eigenvalue weighted by molar-refractivity contribution is 6.10. The first-order chi connectivity index (χ1) is 16.0. The number of anilines is 1. The highest BCUT2D eigenvalue weighted by atomic mass is 16.5. The quantitative estimate of drug-likeness (QED) is 0.400. The molecule has 0 aliphatic carbocycles. The van der Waals surface area contributed by atoms with E-state index in [1.165, 1.54) is 0 Å². The second-order valence-electron chi connectivity index (χ2n) is 6.90. The summed E-state index contributed by atoms with van der Waals surface area (Å²) in [5, 5.41) is 5.42. The van der Waals surface area contributed by atoms with Crippen LogP contribution in [0.1, 0.15) is 33.2 Å². The Bertz CT molecular complexity index is 1140. The minimum atomic E-state index is -0.510. The zero-order valence-electron chi connectivity index (χ0n) is 18.3. The summed E-state index contributed by atoms with van der Waals surface area (Å²) in [6, 6.07) is 22.0. The van der Waals surface area contributed by atoms with Crippen molar-refractivity contribution in [2.45, 2.75) is 6.92 Å². The average molecular weight is 444 g/mol. The Balaban J connectivity index is 1.80. The van der Waals surface area contributed by atoms with Crippen LogP contribution < -0.4 is 15.4 Å². The summed E-state index contributed by atoms with van der Waals surface area (Å²) in [5.74, 6) is -0.764. The van der Waals surface area contributed by atoms with Gasteiger partial charge in [0, 0.05) is 11.3 Å². The summed E-state index contributed by atoms with van der Waals surface area (Å²) >= 11 is 0. The summed E-state index contributed by atoms with van der Waals surface area (Å²) in [6.07, 6.45) is 1.59. The number of nitrogens with one attached hydrogen (secondary N) is 2. The molecule has 0 saturated heterocycles. The Hall–Kier alpha value is -4.39. The molecule has 3 aromatic carbocycles. The number of esters is 1. The van der Waals surface area contributed by atoms with Gasteiger partial charge in [-0.2, -0.15) is 0 Å². The van der Waals surface area contributed by atoms with Crippen molar-refractivity contribution in [3.05, 3.63) is 101 Å². The van der Waals surface area contributed by atoms with E-state index in [1.54, 1.807) is 68.6 Å². The molecule has 3 aromatic rings. The Morgan fingerprint density at radius 2 is 1.48 bits per heavy atom. The molecule has 0 aliphatic heterocycles. The average Bonchev–Trinajstić information content (AvgIpc) is 2.85. The summed E-state index contributed by atoms with van der Waals surface area (Å²) < 4.78 is 10.1. The maximum absolute atomic E-state index is 13.0. The lowest BCUT2D eigenvalue weighted by molar-refractivity contribution is -0.113. The summed E-state index contributed by atoms with van der Waals surface area (Å²) in [4.78, 5) is 37.6. The standard InChI is InChI=1S/C26H24N2O5/c1-3-33-26(31)20-9-13-21(14-10-20)27-25(30)23(17-18-7-5-4-6-8-18)28-24(29)19-11-15-22(32-2)16-12-19/h4-17H,3H2,1-2H3,(H,27,30)(H,28,29). The zero-order valence-corrected chi connectivity index (χ0v) is 18.3. The summed E-state index contributed by atoms with van der Waals surface area (Å²) in [5.41, 5.74) is 2.03. The third-order valence-corrected chi connectivity index (χ3v) is 4.61. The van der Waals surface area contributed by atoms with Gasteiger partial charge >= 0.3 is 5.97 Å². The highest BCUT2D eigenvalue weighted by Crippen LogP contribution is 2.15. The van der Waals surface area contributed by atoms with E-state index in [0.29, 0.717) is 22.6 Å². The molecule has 0 unspecified atom stereocenters. The minimum Gasteiger partial charge on any atom is -0.497 e. The minimum absolute atomic E-state index is 0.0662. The van der Waals surface area contributed by atoms with Gasteiger partial charge in [0.2, 0.25) is 0 Å². The van der Waals surface area contributed by atoms with Crippen molar-refractivity contribution in [3.63, 3.8) is 0 Å². The number of carbonyl (C=O) groups excluding carboxylic acids is 3. The molecule has 168 valence electrons. The maximum atomic E-state index is 13.0. The zero-order chi connectivity index (χ0) is 23.6. The van der Waals surface area contributed by atoms with E-state index in [1.807, 2.05) is 30.3 Å². The Morgan fingerprint density at radius 3 is 2.09 bits per heavy atom. The van der Waals surface area contributed by atoms with Gasteiger partial charge in [-0.1, -0.05) is 30.3 Å². The molecule has 2 N–H and O–H groups in total. The normalized spacial score (nSPS) is 10.8. The third-order valence-electron chi connectivity index (χ3n) is 4.61. The predicted molar refractivity (Wildman–Crippen MR) is 126 cm³/mol. The number of methoxy groups -OCH3 is 1. The molecule has 0 aromatic heterocycles. The number of amides is 2. The Kier molecular flexibility index (Phi) is 7.96. The van der Waals surface area contributed by atoms with Crippen LogP contribution in [0.15, 0.2) is 84.6 Å². The van der Waals surface area contributed by atoms with Crippen LogP contribution in [0, 0.1) is 0 Å². The fourth-order valence-electron chi connectivity index (χ4n) is 2.91. The van der Waals surface area contributed by atoms with Crippen LogP contribution >= 0.6 is 0 Å². The lowest BCUT2D eigenvalue weighted by Gasteiger charge is -2.12. The molecule has 0 aliphatic rings. The van der Waals surface area contributed by atoms with E-state index in [9.17, 15) is 14.4 Å². The van der Waals surface area contributed by atoms with Crippen LogP contribution in [0.5, 0.6) is 5.75 Å². The van der Waals surface area contributed by atoms with Crippen molar-refractivity contribution < 1.29 is 23.9 Å². The number of hydrogen-bond donors (Lipinski definition) is 2. The molecule has 7 heteroatoms. The number of benzene rings is 3. The molecule has 0 radical (unpaired) electrons. The van der Waals surface area contributed by atoms with Crippen LogP contribution in [0.3, 0.4) is 0 Å². The van der Waals surface area contributed by atoms with E-state index in [0.717, 1.165) is 5.56 Å². The van der Waals surface area contributed by atoms with Crippen LogP contribution in [0.25, 0.3) is 6.08 Å². The van der Waals surface area contributed by atoms with E-state index < -0.39 is 17.8 Å². The fourth-order valence-corrected chi connectivity index (χ4v) is 2.91. The van der Waals surface area contributed by atoms with E-state index in [4.69, 9.17) is 9.47 Å². The molecule has 2 amide bonds. The van der Waals surface area contributed by atoms with Crippen LogP contribution in [-0.4, -0.2) is 31.5 Å². The van der Waals surface area contributed by atoms with E-state index >= 15 is 0 Å². The Morgan fingerprint density at radius 1 is 0.848 bits per heavy atom. The lowest BCUT2D eigenvalue weighted by Crippen LogP contribution is -2.30. The predicted octanol–water partition coefficient (Wildman–Crippen LogP) is 4.28. The molecule has 0 bridgehead atoms. The van der Waals surface area contributed by atoms with Crippen molar-refractivity contribution in [1.82, 2.24) is 5.32 Å². The van der Waals surface area contributed by atoms with Crippen LogP contribution in [-0.2, 0) is 9.53 Å². The van der Waals surface area contributed by atoms with Crippen LogP contribution in [0.2, 0.25) is 0 Å². The molecule has 0 heterocycles. The number of hydrogen-bond acceptors (Lipinski definition) is 5. The number of rotatable bonds is 8. The van der Waals surface area contributed by atoms with Crippen molar-refractivity contribution in [2.75, 3.05) is 19.0 Å². The van der Waals surface area contributed by atoms with E-state index in [-0.39, 0.29) is 12.3 Å². The van der Waals surface area contributed by atoms with Gasteiger partial charge in [0.1, 0.15) is 11.4 Å². The van der Waals surface area contributed by atoms with E-state index in [2.05, 4.69) is 10.6 Å². The molecular formula is C26H24N2O5. The highest BCUT2D eigenvalue weighted by Gasteiger charge is 2.16. The first kappa shape index (κ1) is 23.3. The Labute approximate surface area is 192 Å². The molecule has 0 atom stereocenters.